The van der Waals surface area contributed by atoms with Gasteiger partial charge in [0.25, 0.3) is 11.8 Å². The maximum absolute atomic E-state index is 13.2. The van der Waals surface area contributed by atoms with E-state index in [1.54, 1.807) is 25.3 Å². The first-order valence-electron chi connectivity index (χ1n) is 13.7. The maximum Gasteiger partial charge on any atom is 0.373 e. The highest BCUT2D eigenvalue weighted by atomic mass is 32.2. The van der Waals surface area contributed by atoms with Crippen molar-refractivity contribution in [1.82, 2.24) is 10.2 Å². The number of furan rings is 1. The van der Waals surface area contributed by atoms with Gasteiger partial charge in [0.1, 0.15) is 15.8 Å². The van der Waals surface area contributed by atoms with Gasteiger partial charge >= 0.3 is 6.15 Å². The van der Waals surface area contributed by atoms with Crippen LogP contribution in [-0.4, -0.2) is 53.5 Å². The molecule has 218 valence electrons. The van der Waals surface area contributed by atoms with Gasteiger partial charge < -0.3 is 19.2 Å². The van der Waals surface area contributed by atoms with E-state index in [4.69, 9.17) is 35.7 Å². The van der Waals surface area contributed by atoms with E-state index in [0.29, 0.717) is 50.6 Å². The first-order chi connectivity index (χ1) is 19.7. The Morgan fingerprint density at radius 3 is 2.66 bits per heavy atom. The smallest absolute Gasteiger partial charge is 0.373 e. The van der Waals surface area contributed by atoms with Crippen molar-refractivity contribution in [2.24, 2.45) is 17.8 Å². The summed E-state index contributed by atoms with van der Waals surface area (Å²) >= 11 is 6.96. The molecule has 9 nitrogen and oxygen atoms in total. The Bertz CT molecular complexity index is 1350. The summed E-state index contributed by atoms with van der Waals surface area (Å²) in [5, 5.41) is 2.87. The summed E-state index contributed by atoms with van der Waals surface area (Å²) in [6.45, 7) is 4.74. The van der Waals surface area contributed by atoms with Crippen LogP contribution in [0.15, 0.2) is 39.7 Å². The number of carbonyl (C=O) groups is 2. The Morgan fingerprint density at radius 1 is 1.22 bits per heavy atom. The minimum Gasteiger partial charge on any atom is -0.493 e. The summed E-state index contributed by atoms with van der Waals surface area (Å²) in [4.78, 5) is 44.1. The van der Waals surface area contributed by atoms with E-state index in [9.17, 15) is 9.59 Å². The van der Waals surface area contributed by atoms with Crippen molar-refractivity contribution in [3.05, 3.63) is 41.0 Å². The number of nitrogens with zero attached hydrogens (tertiary/aromatic N) is 1. The third kappa shape index (κ3) is 7.47. The Labute approximate surface area is 249 Å². The van der Waals surface area contributed by atoms with Gasteiger partial charge in [0.15, 0.2) is 18.1 Å². The molecule has 1 aromatic carbocycles. The van der Waals surface area contributed by atoms with Gasteiger partial charge in [-0.15, -0.1) is 0 Å². The van der Waals surface area contributed by atoms with E-state index < -0.39 is 0 Å². The molecule has 5 rings (SSSR count). The second-order valence-corrected chi connectivity index (χ2v) is 12.4. The highest BCUT2D eigenvalue weighted by Gasteiger charge is 2.48. The number of benzene rings is 1. The quantitative estimate of drug-likeness (QED) is 0.287. The van der Waals surface area contributed by atoms with Gasteiger partial charge in [-0.2, -0.15) is 9.59 Å². The van der Waals surface area contributed by atoms with Crippen molar-refractivity contribution in [3.8, 4) is 22.8 Å². The van der Waals surface area contributed by atoms with Crippen molar-refractivity contribution >= 4 is 52.3 Å². The van der Waals surface area contributed by atoms with Gasteiger partial charge in [0.05, 0.1) is 12.0 Å². The highest BCUT2D eigenvalue weighted by molar-refractivity contribution is 8.26. The number of carbonyl (C=O) groups excluding carboxylic acids is 4. The zero-order valence-electron chi connectivity index (χ0n) is 23.3. The Hall–Kier alpha value is -3.40. The minimum absolute atomic E-state index is 0.0118. The second-order valence-electron chi connectivity index (χ2n) is 10.8. The van der Waals surface area contributed by atoms with Crippen molar-refractivity contribution < 1.29 is 33.1 Å². The fourth-order valence-corrected chi connectivity index (χ4v) is 7.00. The van der Waals surface area contributed by atoms with E-state index in [0.717, 1.165) is 24.3 Å². The molecule has 2 aliphatic carbocycles. The molecule has 3 unspecified atom stereocenters. The molecule has 3 aliphatic rings. The predicted octanol–water partition coefficient (Wildman–Crippen LogP) is 5.30. The van der Waals surface area contributed by atoms with E-state index >= 15 is 0 Å². The van der Waals surface area contributed by atoms with Crippen LogP contribution in [0.4, 0.5) is 0 Å². The van der Waals surface area contributed by atoms with Crippen molar-refractivity contribution in [2.45, 2.75) is 52.0 Å². The Morgan fingerprint density at radius 2 is 2.00 bits per heavy atom. The van der Waals surface area contributed by atoms with Crippen molar-refractivity contribution in [3.63, 3.8) is 0 Å². The summed E-state index contributed by atoms with van der Waals surface area (Å²) in [5.74, 6) is 3.82. The minimum atomic E-state index is -0.180. The summed E-state index contributed by atoms with van der Waals surface area (Å²) in [6, 6.07) is 9.38. The average molecular weight is 599 g/mol. The monoisotopic (exact) mass is 598 g/mol. The summed E-state index contributed by atoms with van der Waals surface area (Å²) < 4.78 is 17.9. The fraction of sp³-hybridized carbons (Fsp3) is 0.467. The molecule has 1 N–H and O–H groups in total. The molecule has 1 aromatic heterocycles. The lowest BCUT2D eigenvalue weighted by atomic mass is 9.94. The topological polar surface area (TPSA) is 115 Å². The van der Waals surface area contributed by atoms with Crippen LogP contribution in [0.3, 0.4) is 0 Å². The predicted molar refractivity (Wildman–Crippen MR) is 158 cm³/mol. The number of thioether (sulfide) groups is 1. The van der Waals surface area contributed by atoms with Crippen LogP contribution in [0.1, 0.15) is 51.7 Å². The first kappa shape index (κ1) is 30.6. The van der Waals surface area contributed by atoms with Crippen LogP contribution in [0.2, 0.25) is 0 Å². The molecular formula is C30H34N2O7S2. The van der Waals surface area contributed by atoms with Crippen LogP contribution in [-0.2, 0) is 19.2 Å². The second kappa shape index (κ2) is 14.0. The van der Waals surface area contributed by atoms with E-state index in [1.165, 1.54) is 31.0 Å². The third-order valence-electron chi connectivity index (χ3n) is 7.61. The summed E-state index contributed by atoms with van der Waals surface area (Å²) in [6.07, 6.45) is 7.71. The largest absolute Gasteiger partial charge is 0.493 e. The van der Waals surface area contributed by atoms with E-state index in [1.807, 2.05) is 23.1 Å². The Balaban J connectivity index is 0.00000124. The number of nitrogens with one attached hydrogen (secondary N) is 1. The molecule has 2 saturated carbocycles. The molecular weight excluding hydrogens is 564 g/mol. The number of methoxy groups -OCH3 is 1. The van der Waals surface area contributed by atoms with Gasteiger partial charge in [0, 0.05) is 24.2 Å². The highest BCUT2D eigenvalue weighted by Crippen LogP contribution is 2.49. The van der Waals surface area contributed by atoms with Gasteiger partial charge in [0.2, 0.25) is 0 Å². The van der Waals surface area contributed by atoms with Crippen LogP contribution < -0.4 is 14.8 Å². The van der Waals surface area contributed by atoms with Crippen LogP contribution >= 0.6 is 24.0 Å². The molecule has 2 heterocycles. The van der Waals surface area contributed by atoms with Gasteiger partial charge in [-0.05, 0) is 73.8 Å². The summed E-state index contributed by atoms with van der Waals surface area (Å²) in [7, 11) is 1.56. The maximum atomic E-state index is 13.2. The number of hydrogen-bond acceptors (Lipinski definition) is 9. The van der Waals surface area contributed by atoms with Crippen molar-refractivity contribution in [1.29, 1.82) is 0 Å². The molecule has 1 aliphatic heterocycles. The zero-order valence-corrected chi connectivity index (χ0v) is 25.0. The number of rotatable bonds is 10. The molecule has 2 bridgehead atoms. The molecule has 2 aromatic rings. The lowest BCUT2D eigenvalue weighted by Gasteiger charge is -2.30. The fourth-order valence-electron chi connectivity index (χ4n) is 5.65. The molecule has 2 amide bonds. The molecule has 41 heavy (non-hydrogen) atoms. The lowest BCUT2D eigenvalue weighted by molar-refractivity contribution is -0.191. The van der Waals surface area contributed by atoms with E-state index in [2.05, 4.69) is 19.2 Å². The molecule has 3 fully saturated rings. The van der Waals surface area contributed by atoms with Gasteiger partial charge in [-0.1, -0.05) is 44.2 Å². The van der Waals surface area contributed by atoms with Crippen LogP contribution in [0.5, 0.6) is 11.5 Å². The molecule has 0 radical (unpaired) electrons. The molecule has 0 spiro atoms. The van der Waals surface area contributed by atoms with Crippen LogP contribution in [0, 0.1) is 17.8 Å². The SMILES string of the molecule is COc1ccc(-c2ccc(/C=C3\SC(=S)N(C4CC5CCC4C5)C3=O)o2)cc1OCC(=O)NCCC(C)C.O=C=O. The third-order valence-corrected chi connectivity index (χ3v) is 8.94. The van der Waals surface area contributed by atoms with Crippen LogP contribution in [0.25, 0.3) is 17.4 Å². The van der Waals surface area contributed by atoms with E-state index in [-0.39, 0.29) is 30.6 Å². The molecule has 3 atom stereocenters. The number of ether oxygens (including phenoxy) is 2. The summed E-state index contributed by atoms with van der Waals surface area (Å²) in [5.41, 5.74) is 0.773. The Kier molecular flexibility index (Phi) is 10.4. The van der Waals surface area contributed by atoms with Gasteiger partial charge in [-0.3, -0.25) is 14.5 Å². The van der Waals surface area contributed by atoms with Gasteiger partial charge in [-0.25, -0.2) is 0 Å². The molecule has 11 heteroatoms. The average Bonchev–Trinajstić information content (AvgIpc) is 3.73. The number of fused-ring (bicyclic) bond motifs is 2. The first-order valence-corrected chi connectivity index (χ1v) is 14.9. The number of amides is 2. The number of thiocarbonyl (C=S) groups is 1. The normalized spacial score (nSPS) is 22.1. The van der Waals surface area contributed by atoms with Crippen molar-refractivity contribution in [2.75, 3.05) is 20.3 Å². The number of hydrogen-bond donors (Lipinski definition) is 1. The standard InChI is InChI=1S/C29H34N2O5S2.CO2/c1-17(2)10-11-30-27(32)16-35-25-14-20(6-8-24(25)34-3)23-9-7-21(36-23)15-26-28(33)31(29(37)38-26)22-13-18-4-5-19(22)12-18;2-1-3/h6-9,14-15,17-19,22H,4-5,10-13,16H2,1-3H3,(H,30,32);/b26-15-;. The zero-order chi connectivity index (χ0) is 29.5. The molecule has 1 saturated heterocycles. The lowest BCUT2D eigenvalue weighted by Crippen LogP contribution is -2.41.